The van der Waals surface area contributed by atoms with Crippen LogP contribution in [0, 0.1) is 0 Å². The number of nitrogens with zero attached hydrogens (tertiary/aromatic N) is 3. The van der Waals surface area contributed by atoms with Crippen LogP contribution in [0.2, 0.25) is 0 Å². The SMILES string of the molecule is C1=C(c2ccccc2)C=C(c2ccccc2-c2ccc3sc4cccc(-c5nc(-c6ccccc6)nc(-c6ccccc6-c6cccc7c6sc6ccccc67)n5)c4c3c2)CC1. The molecule has 8 aromatic carbocycles. The summed E-state index contributed by atoms with van der Waals surface area (Å²) in [6.07, 6.45) is 6.78. The lowest BCUT2D eigenvalue weighted by Gasteiger charge is -2.18. The highest BCUT2D eigenvalue weighted by Crippen LogP contribution is 2.45. The Balaban J connectivity index is 1.03. The first kappa shape index (κ1) is 36.5. The highest BCUT2D eigenvalue weighted by Gasteiger charge is 2.21. The van der Waals surface area contributed by atoms with Crippen LogP contribution in [0.15, 0.2) is 200 Å². The number of aromatic nitrogens is 3. The topological polar surface area (TPSA) is 38.7 Å². The van der Waals surface area contributed by atoms with Gasteiger partial charge in [0, 0.05) is 62.6 Å². The molecule has 11 aromatic rings. The van der Waals surface area contributed by atoms with Gasteiger partial charge in [0.1, 0.15) is 0 Å². The first-order valence-electron chi connectivity index (χ1n) is 21.1. The van der Waals surface area contributed by atoms with Crippen molar-refractivity contribution in [1.82, 2.24) is 15.0 Å². The van der Waals surface area contributed by atoms with Crippen LogP contribution in [0.5, 0.6) is 0 Å². The van der Waals surface area contributed by atoms with Crippen LogP contribution in [0.25, 0.3) is 108 Å². The van der Waals surface area contributed by atoms with Gasteiger partial charge in [-0.05, 0) is 76.1 Å². The van der Waals surface area contributed by atoms with E-state index in [1.165, 1.54) is 73.9 Å². The molecule has 0 aliphatic heterocycles. The minimum Gasteiger partial charge on any atom is -0.208 e. The fraction of sp³-hybridized carbons (Fsp3) is 0.0351. The van der Waals surface area contributed by atoms with E-state index < -0.39 is 0 Å². The maximum absolute atomic E-state index is 5.41. The van der Waals surface area contributed by atoms with Crippen LogP contribution in [-0.4, -0.2) is 15.0 Å². The average molecular weight is 828 g/mol. The van der Waals surface area contributed by atoms with E-state index in [4.69, 9.17) is 15.0 Å². The molecule has 12 rings (SSSR count). The third-order valence-electron chi connectivity index (χ3n) is 12.1. The Morgan fingerprint density at radius 3 is 1.81 bits per heavy atom. The van der Waals surface area contributed by atoms with Crippen molar-refractivity contribution in [2.24, 2.45) is 0 Å². The van der Waals surface area contributed by atoms with E-state index in [1.807, 2.05) is 40.9 Å². The summed E-state index contributed by atoms with van der Waals surface area (Å²) in [5, 5.41) is 4.92. The summed E-state index contributed by atoms with van der Waals surface area (Å²) in [6, 6.07) is 67.3. The van der Waals surface area contributed by atoms with Crippen LogP contribution in [0.4, 0.5) is 0 Å². The number of thiophene rings is 2. The molecule has 1 aliphatic carbocycles. The lowest BCUT2D eigenvalue weighted by atomic mass is 9.86. The van der Waals surface area contributed by atoms with Gasteiger partial charge in [0.2, 0.25) is 0 Å². The number of benzene rings is 8. The van der Waals surface area contributed by atoms with Crippen molar-refractivity contribution in [1.29, 1.82) is 0 Å². The quantitative estimate of drug-likeness (QED) is 0.161. The van der Waals surface area contributed by atoms with Gasteiger partial charge in [-0.1, -0.05) is 176 Å². The molecular formula is C57H37N3S2. The second-order valence-corrected chi connectivity index (χ2v) is 17.9. The third-order valence-corrected chi connectivity index (χ3v) is 14.4. The van der Waals surface area contributed by atoms with Gasteiger partial charge in [0.15, 0.2) is 17.5 Å². The minimum absolute atomic E-state index is 0.649. The molecule has 62 heavy (non-hydrogen) atoms. The number of hydrogen-bond donors (Lipinski definition) is 0. The summed E-state index contributed by atoms with van der Waals surface area (Å²) in [5.41, 5.74) is 12.8. The largest absolute Gasteiger partial charge is 0.208 e. The van der Waals surface area contributed by atoms with Crippen molar-refractivity contribution in [3.05, 3.63) is 211 Å². The average Bonchev–Trinajstić information content (AvgIpc) is 3.93. The Morgan fingerprint density at radius 2 is 0.968 bits per heavy atom. The van der Waals surface area contributed by atoms with E-state index in [0.29, 0.717) is 17.5 Å². The van der Waals surface area contributed by atoms with Gasteiger partial charge < -0.3 is 0 Å². The lowest BCUT2D eigenvalue weighted by molar-refractivity contribution is 1.06. The monoisotopic (exact) mass is 827 g/mol. The van der Waals surface area contributed by atoms with Crippen LogP contribution >= 0.6 is 22.7 Å². The summed E-state index contributed by atoms with van der Waals surface area (Å²) < 4.78 is 4.98. The van der Waals surface area contributed by atoms with E-state index in [2.05, 4.69) is 182 Å². The zero-order valence-corrected chi connectivity index (χ0v) is 35.3. The standard InChI is InChI=1S/C57H37N3S2/c1-3-16-36(17-4-1)38-20-13-21-39(34-38)41-22-7-8-23-42(41)40-32-33-51-49(35-40)53-48(29-15-31-52(53)61-51)57-59-55(37-18-5-2-6-19-37)58-56(60-57)47-26-10-9-24-43(47)45-27-14-28-46-44-25-11-12-30-50(44)62-54(45)46/h1-12,14-20,22-35H,13,21H2. The molecule has 292 valence electrons. The lowest BCUT2D eigenvalue weighted by Crippen LogP contribution is -2.01. The molecular weight excluding hydrogens is 791 g/mol. The van der Waals surface area contributed by atoms with Crippen LogP contribution in [-0.2, 0) is 0 Å². The molecule has 0 unspecified atom stereocenters. The van der Waals surface area contributed by atoms with Crippen LogP contribution < -0.4 is 0 Å². The Morgan fingerprint density at radius 1 is 0.371 bits per heavy atom. The molecule has 0 N–H and O–H groups in total. The van der Waals surface area contributed by atoms with E-state index in [-0.39, 0.29) is 0 Å². The molecule has 0 amide bonds. The van der Waals surface area contributed by atoms with Crippen molar-refractivity contribution < 1.29 is 0 Å². The predicted octanol–water partition coefficient (Wildman–Crippen LogP) is 16.2. The van der Waals surface area contributed by atoms with E-state index >= 15 is 0 Å². The first-order chi connectivity index (χ1) is 30.7. The van der Waals surface area contributed by atoms with Crippen molar-refractivity contribution in [2.45, 2.75) is 12.8 Å². The number of fused-ring (bicyclic) bond motifs is 6. The molecule has 0 fully saturated rings. The Bertz CT molecular complexity index is 3580. The Labute approximate surface area is 367 Å². The van der Waals surface area contributed by atoms with Gasteiger partial charge in [-0.3, -0.25) is 0 Å². The zero-order chi connectivity index (χ0) is 41.0. The molecule has 0 radical (unpaired) electrons. The van der Waals surface area contributed by atoms with Crippen molar-refractivity contribution in [3.8, 4) is 56.4 Å². The highest BCUT2D eigenvalue weighted by molar-refractivity contribution is 7.26. The molecule has 3 nitrogen and oxygen atoms in total. The third kappa shape index (κ3) is 6.37. The van der Waals surface area contributed by atoms with E-state index in [1.54, 1.807) is 0 Å². The summed E-state index contributed by atoms with van der Waals surface area (Å²) in [5.74, 6) is 1.96. The second-order valence-electron chi connectivity index (χ2n) is 15.8. The fourth-order valence-corrected chi connectivity index (χ4v) is 11.5. The molecule has 1 aliphatic rings. The summed E-state index contributed by atoms with van der Waals surface area (Å²) >= 11 is 3.66. The van der Waals surface area contributed by atoms with Crippen LogP contribution in [0.3, 0.4) is 0 Å². The molecule has 0 atom stereocenters. The molecule has 0 saturated carbocycles. The summed E-state index contributed by atoms with van der Waals surface area (Å²) in [4.78, 5) is 15.9. The number of hydrogen-bond acceptors (Lipinski definition) is 5. The maximum atomic E-state index is 5.41. The number of allylic oxidation sites excluding steroid dienone is 4. The molecule has 0 spiro atoms. The first-order valence-corrected chi connectivity index (χ1v) is 22.7. The van der Waals surface area contributed by atoms with Gasteiger partial charge in [0.05, 0.1) is 0 Å². The van der Waals surface area contributed by atoms with Gasteiger partial charge in [-0.25, -0.2) is 15.0 Å². The minimum atomic E-state index is 0.649. The second kappa shape index (κ2) is 15.3. The zero-order valence-electron chi connectivity index (χ0n) is 33.6. The van der Waals surface area contributed by atoms with Gasteiger partial charge in [0.25, 0.3) is 0 Å². The summed E-state index contributed by atoms with van der Waals surface area (Å²) in [6.45, 7) is 0. The highest BCUT2D eigenvalue weighted by atomic mass is 32.1. The van der Waals surface area contributed by atoms with Crippen molar-refractivity contribution in [2.75, 3.05) is 0 Å². The van der Waals surface area contributed by atoms with Crippen molar-refractivity contribution in [3.63, 3.8) is 0 Å². The van der Waals surface area contributed by atoms with E-state index in [9.17, 15) is 0 Å². The van der Waals surface area contributed by atoms with E-state index in [0.717, 1.165) is 40.5 Å². The molecule has 0 saturated heterocycles. The normalized spacial score (nSPS) is 12.9. The number of rotatable bonds is 7. The Hall–Kier alpha value is -7.31. The maximum Gasteiger partial charge on any atom is 0.164 e. The predicted molar refractivity (Wildman–Crippen MR) is 264 cm³/mol. The molecule has 3 aromatic heterocycles. The van der Waals surface area contributed by atoms with Gasteiger partial charge >= 0.3 is 0 Å². The van der Waals surface area contributed by atoms with Gasteiger partial charge in [-0.2, -0.15) is 0 Å². The summed E-state index contributed by atoms with van der Waals surface area (Å²) in [7, 11) is 0. The smallest absolute Gasteiger partial charge is 0.164 e. The molecule has 0 bridgehead atoms. The van der Waals surface area contributed by atoms with Gasteiger partial charge in [-0.15, -0.1) is 22.7 Å². The molecule has 5 heteroatoms. The molecule has 3 heterocycles. The van der Waals surface area contributed by atoms with Crippen molar-refractivity contribution >= 4 is 74.2 Å². The Kier molecular flexibility index (Phi) is 9.02. The fourth-order valence-electron chi connectivity index (χ4n) is 9.15. The van der Waals surface area contributed by atoms with Crippen LogP contribution in [0.1, 0.15) is 24.0 Å².